The monoisotopic (exact) mass is 293 g/mol. The van der Waals surface area contributed by atoms with Gasteiger partial charge in [0, 0.05) is 0 Å². The van der Waals surface area contributed by atoms with Crippen LogP contribution in [0.4, 0.5) is 4.79 Å². The zero-order chi connectivity index (χ0) is 14.9. The van der Waals surface area contributed by atoms with Gasteiger partial charge in [-0.2, -0.15) is 0 Å². The third-order valence-electron chi connectivity index (χ3n) is 2.64. The van der Waals surface area contributed by atoms with Crippen molar-refractivity contribution in [3.63, 3.8) is 0 Å². The second-order valence-electron chi connectivity index (χ2n) is 5.82. The summed E-state index contributed by atoms with van der Waals surface area (Å²) >= 11 is 0. The Morgan fingerprint density at radius 3 is 2.32 bits per heavy atom. The molecule has 0 saturated carbocycles. The van der Waals surface area contributed by atoms with Crippen LogP contribution in [-0.2, 0) is 19.4 Å². The van der Waals surface area contributed by atoms with Gasteiger partial charge in [-0.25, -0.2) is 13.2 Å². The van der Waals surface area contributed by atoms with E-state index in [0.717, 1.165) is 0 Å². The van der Waals surface area contributed by atoms with Crippen LogP contribution in [0.15, 0.2) is 0 Å². The zero-order valence-electron chi connectivity index (χ0n) is 11.2. The molecule has 7 nitrogen and oxygen atoms in total. The molecule has 1 saturated heterocycles. The number of hydrogen-bond acceptors (Lipinski definition) is 5. The lowest BCUT2D eigenvalue weighted by Gasteiger charge is -2.29. The van der Waals surface area contributed by atoms with Gasteiger partial charge in [-0.05, 0) is 27.2 Å². The summed E-state index contributed by atoms with van der Waals surface area (Å²) in [6, 6.07) is 0. The molecule has 1 aliphatic rings. The Hall–Kier alpha value is -1.31. The SMILES string of the molecule is CC(C)(C)OC(=O)NC1(CC(=O)O)CCS(=O)(=O)C1. The molecule has 1 fully saturated rings. The fourth-order valence-electron chi connectivity index (χ4n) is 2.01. The first-order valence-electron chi connectivity index (χ1n) is 5.87. The minimum absolute atomic E-state index is 0.0842. The maximum Gasteiger partial charge on any atom is 0.408 e. The van der Waals surface area contributed by atoms with E-state index in [4.69, 9.17) is 9.84 Å². The number of rotatable bonds is 3. The Morgan fingerprint density at radius 1 is 1.37 bits per heavy atom. The highest BCUT2D eigenvalue weighted by atomic mass is 32.2. The van der Waals surface area contributed by atoms with E-state index in [1.54, 1.807) is 20.8 Å². The fourth-order valence-corrected chi connectivity index (χ4v) is 4.01. The van der Waals surface area contributed by atoms with E-state index < -0.39 is 39.5 Å². The standard InChI is InChI=1S/C11H19NO6S/c1-10(2,3)18-9(15)12-11(6-8(13)14)4-5-19(16,17)7-11/h4-7H2,1-3H3,(H,12,15)(H,13,14). The number of aliphatic carboxylic acids is 1. The molecule has 1 rings (SSSR count). The van der Waals surface area contributed by atoms with Gasteiger partial charge in [0.2, 0.25) is 0 Å². The number of sulfone groups is 1. The summed E-state index contributed by atoms with van der Waals surface area (Å²) < 4.78 is 28.1. The van der Waals surface area contributed by atoms with Crippen molar-refractivity contribution in [3.05, 3.63) is 0 Å². The summed E-state index contributed by atoms with van der Waals surface area (Å²) in [6.45, 7) is 5.01. The average Bonchev–Trinajstić information content (AvgIpc) is 2.35. The summed E-state index contributed by atoms with van der Waals surface area (Å²) in [5, 5.41) is 11.3. The van der Waals surface area contributed by atoms with Crippen LogP contribution in [0.5, 0.6) is 0 Å². The number of nitrogens with one attached hydrogen (secondary N) is 1. The molecule has 0 aromatic heterocycles. The number of alkyl carbamates (subject to hydrolysis) is 1. The van der Waals surface area contributed by atoms with Crippen LogP contribution in [0, 0.1) is 0 Å². The van der Waals surface area contributed by atoms with E-state index in [2.05, 4.69) is 5.32 Å². The van der Waals surface area contributed by atoms with Gasteiger partial charge in [-0.15, -0.1) is 0 Å². The van der Waals surface area contributed by atoms with E-state index in [9.17, 15) is 18.0 Å². The largest absolute Gasteiger partial charge is 0.481 e. The minimum Gasteiger partial charge on any atom is -0.481 e. The van der Waals surface area contributed by atoms with Gasteiger partial charge in [0.25, 0.3) is 0 Å². The molecule has 8 heteroatoms. The van der Waals surface area contributed by atoms with Crippen molar-refractivity contribution in [1.82, 2.24) is 5.32 Å². The Bertz CT molecular complexity index is 478. The molecule has 0 radical (unpaired) electrons. The average molecular weight is 293 g/mol. The number of carboxylic acids is 1. The second kappa shape index (κ2) is 4.99. The molecule has 2 N–H and O–H groups in total. The number of hydrogen-bond donors (Lipinski definition) is 2. The molecule has 1 heterocycles. The quantitative estimate of drug-likeness (QED) is 0.786. The molecule has 0 aliphatic carbocycles. The van der Waals surface area contributed by atoms with Gasteiger partial charge in [-0.1, -0.05) is 0 Å². The first-order chi connectivity index (χ1) is 8.43. The van der Waals surface area contributed by atoms with Crippen molar-refractivity contribution in [3.8, 4) is 0 Å². The van der Waals surface area contributed by atoms with E-state index >= 15 is 0 Å². The molecule has 110 valence electrons. The highest BCUT2D eigenvalue weighted by Crippen LogP contribution is 2.27. The molecule has 0 aromatic carbocycles. The molecule has 1 amide bonds. The van der Waals surface area contributed by atoms with Crippen LogP contribution in [0.3, 0.4) is 0 Å². The van der Waals surface area contributed by atoms with Crippen LogP contribution in [0.1, 0.15) is 33.6 Å². The van der Waals surface area contributed by atoms with Gasteiger partial charge in [0.05, 0.1) is 23.5 Å². The van der Waals surface area contributed by atoms with Gasteiger partial charge in [0.15, 0.2) is 9.84 Å². The van der Waals surface area contributed by atoms with Gasteiger partial charge in [-0.3, -0.25) is 4.79 Å². The van der Waals surface area contributed by atoms with E-state index in [1.807, 2.05) is 0 Å². The molecule has 19 heavy (non-hydrogen) atoms. The van der Waals surface area contributed by atoms with Gasteiger partial charge < -0.3 is 15.2 Å². The van der Waals surface area contributed by atoms with Crippen LogP contribution in [0.2, 0.25) is 0 Å². The summed E-state index contributed by atoms with van der Waals surface area (Å²) in [6.07, 6.45) is -1.15. The first-order valence-corrected chi connectivity index (χ1v) is 7.69. The summed E-state index contributed by atoms with van der Waals surface area (Å²) in [4.78, 5) is 22.5. The Morgan fingerprint density at radius 2 is 1.95 bits per heavy atom. The predicted molar refractivity (Wildman–Crippen MR) is 67.6 cm³/mol. The number of carbonyl (C=O) groups excluding carboxylic acids is 1. The maximum absolute atomic E-state index is 11.7. The highest BCUT2D eigenvalue weighted by Gasteiger charge is 2.45. The van der Waals surface area contributed by atoms with Crippen LogP contribution in [0.25, 0.3) is 0 Å². The van der Waals surface area contributed by atoms with Crippen LogP contribution < -0.4 is 5.32 Å². The molecule has 0 spiro atoms. The normalized spacial score (nSPS) is 25.8. The Kier molecular flexibility index (Phi) is 4.14. The van der Waals surface area contributed by atoms with E-state index in [-0.39, 0.29) is 17.9 Å². The van der Waals surface area contributed by atoms with Crippen molar-refractivity contribution in [1.29, 1.82) is 0 Å². The topological polar surface area (TPSA) is 110 Å². The lowest BCUT2D eigenvalue weighted by atomic mass is 9.95. The van der Waals surface area contributed by atoms with Crippen molar-refractivity contribution < 1.29 is 27.9 Å². The van der Waals surface area contributed by atoms with Crippen LogP contribution >= 0.6 is 0 Å². The van der Waals surface area contributed by atoms with Crippen molar-refractivity contribution in [2.45, 2.75) is 44.8 Å². The molecule has 1 aliphatic heterocycles. The first kappa shape index (κ1) is 15.7. The van der Waals surface area contributed by atoms with Crippen molar-refractivity contribution in [2.75, 3.05) is 11.5 Å². The Balaban J connectivity index is 2.83. The maximum atomic E-state index is 11.7. The number of carboxylic acid groups (broad SMARTS) is 1. The van der Waals surface area contributed by atoms with Gasteiger partial charge >= 0.3 is 12.1 Å². The molecular formula is C11H19NO6S. The number of ether oxygens (including phenoxy) is 1. The van der Waals surface area contributed by atoms with Crippen molar-refractivity contribution in [2.24, 2.45) is 0 Å². The smallest absolute Gasteiger partial charge is 0.408 e. The third kappa shape index (κ3) is 5.06. The molecule has 0 aromatic rings. The van der Waals surface area contributed by atoms with Gasteiger partial charge in [0.1, 0.15) is 5.60 Å². The lowest BCUT2D eigenvalue weighted by Crippen LogP contribution is -2.52. The lowest BCUT2D eigenvalue weighted by molar-refractivity contribution is -0.138. The number of carbonyl (C=O) groups is 2. The molecule has 1 atom stereocenters. The second-order valence-corrected chi connectivity index (χ2v) is 8.00. The molecule has 0 bridgehead atoms. The highest BCUT2D eigenvalue weighted by molar-refractivity contribution is 7.91. The van der Waals surface area contributed by atoms with Crippen molar-refractivity contribution >= 4 is 21.9 Å². The van der Waals surface area contributed by atoms with E-state index in [0.29, 0.717) is 0 Å². The Labute approximate surface area is 112 Å². The zero-order valence-corrected chi connectivity index (χ0v) is 12.0. The summed E-state index contributed by atoms with van der Waals surface area (Å²) in [7, 11) is -3.32. The molecule has 1 unspecified atom stereocenters. The number of amides is 1. The van der Waals surface area contributed by atoms with E-state index in [1.165, 1.54) is 0 Å². The predicted octanol–water partition coefficient (Wildman–Crippen LogP) is 0.543. The molecular weight excluding hydrogens is 274 g/mol. The fraction of sp³-hybridized carbons (Fsp3) is 0.818. The third-order valence-corrected chi connectivity index (χ3v) is 4.46. The van der Waals surface area contributed by atoms with Crippen LogP contribution in [-0.4, -0.2) is 48.2 Å². The summed E-state index contributed by atoms with van der Waals surface area (Å²) in [5.74, 6) is -1.66. The summed E-state index contributed by atoms with van der Waals surface area (Å²) in [5.41, 5.74) is -2.00. The minimum atomic E-state index is -3.32.